The van der Waals surface area contributed by atoms with Gasteiger partial charge in [-0.15, -0.1) is 0 Å². The van der Waals surface area contributed by atoms with Gasteiger partial charge in [0.1, 0.15) is 0 Å². The van der Waals surface area contributed by atoms with Crippen molar-refractivity contribution in [1.82, 2.24) is 14.9 Å². The van der Waals surface area contributed by atoms with Gasteiger partial charge >= 0.3 is 0 Å². The molecule has 0 unspecified atom stereocenters. The number of ether oxygens (including phenoxy) is 1. The molecule has 0 amide bonds. The summed E-state index contributed by atoms with van der Waals surface area (Å²) in [6.45, 7) is 9.58. The standard InChI is InChI=1S/C11H17N3O2.C2H6/c1-9-4-13-11(5-12-9)16-8-10-6-14(7-10)2-3-15;1-2/h4-5,10,15H,2-3,6-8H2,1H3;1-2H3. The molecule has 1 fully saturated rings. The molecule has 5 heteroatoms. The van der Waals surface area contributed by atoms with Crippen LogP contribution >= 0.6 is 0 Å². The van der Waals surface area contributed by atoms with E-state index in [1.807, 2.05) is 20.8 Å². The van der Waals surface area contributed by atoms with Crippen LogP contribution in [0.4, 0.5) is 0 Å². The van der Waals surface area contributed by atoms with Gasteiger partial charge in [-0.2, -0.15) is 0 Å². The van der Waals surface area contributed by atoms with Crippen LogP contribution in [0.5, 0.6) is 5.88 Å². The van der Waals surface area contributed by atoms with Gasteiger partial charge in [0.25, 0.3) is 0 Å². The molecule has 0 atom stereocenters. The van der Waals surface area contributed by atoms with Crippen LogP contribution in [0.1, 0.15) is 19.5 Å². The summed E-state index contributed by atoms with van der Waals surface area (Å²) in [6.07, 6.45) is 3.35. The highest BCUT2D eigenvalue weighted by Gasteiger charge is 2.26. The Hall–Kier alpha value is -1.20. The molecule has 1 aliphatic heterocycles. The van der Waals surface area contributed by atoms with Crippen molar-refractivity contribution in [2.24, 2.45) is 5.92 Å². The molecule has 0 aromatic carbocycles. The Kier molecular flexibility index (Phi) is 6.60. The molecule has 0 saturated carbocycles. The number of β-amino-alcohol motifs (C(OH)–C–C–N with tert-alkyl or cyclic N) is 1. The van der Waals surface area contributed by atoms with Crippen LogP contribution in [0.2, 0.25) is 0 Å². The number of aromatic nitrogens is 2. The van der Waals surface area contributed by atoms with Gasteiger partial charge in [0.05, 0.1) is 31.3 Å². The zero-order chi connectivity index (χ0) is 13.4. The maximum absolute atomic E-state index is 8.73. The van der Waals surface area contributed by atoms with Crippen molar-refractivity contribution in [3.8, 4) is 5.88 Å². The van der Waals surface area contributed by atoms with E-state index in [9.17, 15) is 0 Å². The topological polar surface area (TPSA) is 58.5 Å². The summed E-state index contributed by atoms with van der Waals surface area (Å²) in [5.41, 5.74) is 0.894. The lowest BCUT2D eigenvalue weighted by molar-refractivity contribution is 0.0467. The fraction of sp³-hybridized carbons (Fsp3) is 0.692. The second-order valence-corrected chi connectivity index (χ2v) is 4.16. The quantitative estimate of drug-likeness (QED) is 0.852. The second kappa shape index (κ2) is 8.00. The molecule has 2 rings (SSSR count). The van der Waals surface area contributed by atoms with Crippen LogP contribution in [0, 0.1) is 12.8 Å². The molecule has 1 N–H and O–H groups in total. The lowest BCUT2D eigenvalue weighted by Crippen LogP contribution is -2.50. The van der Waals surface area contributed by atoms with Crippen molar-refractivity contribution >= 4 is 0 Å². The van der Waals surface area contributed by atoms with E-state index < -0.39 is 0 Å². The van der Waals surface area contributed by atoms with Crippen molar-refractivity contribution in [2.75, 3.05) is 32.8 Å². The Morgan fingerprint density at radius 3 is 2.61 bits per heavy atom. The first-order valence-corrected chi connectivity index (χ1v) is 6.52. The highest BCUT2D eigenvalue weighted by atomic mass is 16.5. The molecule has 1 saturated heterocycles. The van der Waals surface area contributed by atoms with Crippen LogP contribution in [0.25, 0.3) is 0 Å². The summed E-state index contributed by atoms with van der Waals surface area (Å²) in [4.78, 5) is 10.4. The number of aliphatic hydroxyl groups is 1. The minimum atomic E-state index is 0.233. The third-order valence-electron chi connectivity index (χ3n) is 2.67. The number of nitrogens with zero attached hydrogens (tertiary/aromatic N) is 3. The third kappa shape index (κ3) is 4.58. The van der Waals surface area contributed by atoms with Crippen LogP contribution in [0.15, 0.2) is 12.4 Å². The Morgan fingerprint density at radius 2 is 2.06 bits per heavy atom. The fourth-order valence-electron chi connectivity index (χ4n) is 1.76. The molecule has 1 aromatic rings. The molecule has 18 heavy (non-hydrogen) atoms. The number of aryl methyl sites for hydroxylation is 1. The zero-order valence-electron chi connectivity index (χ0n) is 11.5. The molecule has 102 valence electrons. The van der Waals surface area contributed by atoms with E-state index in [0.717, 1.165) is 25.3 Å². The Morgan fingerprint density at radius 1 is 1.33 bits per heavy atom. The minimum absolute atomic E-state index is 0.233. The predicted molar refractivity (Wildman–Crippen MR) is 70.6 cm³/mol. The van der Waals surface area contributed by atoms with Gasteiger partial charge in [-0.3, -0.25) is 4.98 Å². The first kappa shape index (κ1) is 14.9. The highest BCUT2D eigenvalue weighted by Crippen LogP contribution is 2.16. The van der Waals surface area contributed by atoms with E-state index >= 15 is 0 Å². The second-order valence-electron chi connectivity index (χ2n) is 4.16. The maximum atomic E-state index is 8.73. The fourth-order valence-corrected chi connectivity index (χ4v) is 1.76. The average molecular weight is 253 g/mol. The van der Waals surface area contributed by atoms with Crippen molar-refractivity contribution in [3.05, 3.63) is 18.1 Å². The Bertz CT molecular complexity index is 324. The van der Waals surface area contributed by atoms with Gasteiger partial charge in [0.15, 0.2) is 0 Å². The molecule has 2 heterocycles. The van der Waals surface area contributed by atoms with E-state index in [2.05, 4.69) is 14.9 Å². The SMILES string of the molecule is CC.Cc1cnc(OCC2CN(CCO)C2)cn1. The highest BCUT2D eigenvalue weighted by molar-refractivity contribution is 5.06. The molecular formula is C13H23N3O2. The van der Waals surface area contributed by atoms with E-state index in [0.29, 0.717) is 18.4 Å². The Balaban J connectivity index is 0.000000771. The minimum Gasteiger partial charge on any atom is -0.476 e. The third-order valence-corrected chi connectivity index (χ3v) is 2.67. The molecule has 0 aliphatic carbocycles. The van der Waals surface area contributed by atoms with Gasteiger partial charge in [0, 0.05) is 25.6 Å². The predicted octanol–water partition coefficient (Wildman–Crippen LogP) is 1.11. The number of likely N-dealkylation sites (tertiary alicyclic amines) is 1. The van der Waals surface area contributed by atoms with Gasteiger partial charge < -0.3 is 14.7 Å². The molecule has 0 radical (unpaired) electrons. The summed E-state index contributed by atoms with van der Waals surface area (Å²) in [5.74, 6) is 1.14. The number of hydrogen-bond donors (Lipinski definition) is 1. The molecule has 0 bridgehead atoms. The van der Waals surface area contributed by atoms with Crippen LogP contribution in [-0.4, -0.2) is 52.8 Å². The zero-order valence-corrected chi connectivity index (χ0v) is 11.5. The first-order chi connectivity index (χ1) is 8.78. The van der Waals surface area contributed by atoms with Crippen molar-refractivity contribution in [1.29, 1.82) is 0 Å². The van der Waals surface area contributed by atoms with Crippen molar-refractivity contribution in [3.63, 3.8) is 0 Å². The van der Waals surface area contributed by atoms with E-state index in [-0.39, 0.29) is 6.61 Å². The molecule has 1 aromatic heterocycles. The molecule has 1 aliphatic rings. The summed E-state index contributed by atoms with van der Waals surface area (Å²) in [6, 6.07) is 0. The van der Waals surface area contributed by atoms with Crippen LogP contribution < -0.4 is 4.74 Å². The lowest BCUT2D eigenvalue weighted by atomic mass is 10.0. The largest absolute Gasteiger partial charge is 0.476 e. The summed E-state index contributed by atoms with van der Waals surface area (Å²) in [5, 5.41) is 8.73. The maximum Gasteiger partial charge on any atom is 0.232 e. The van der Waals surface area contributed by atoms with Gasteiger partial charge in [-0.05, 0) is 6.92 Å². The normalized spacial score (nSPS) is 15.6. The van der Waals surface area contributed by atoms with E-state index in [1.54, 1.807) is 12.4 Å². The van der Waals surface area contributed by atoms with Crippen LogP contribution in [0.3, 0.4) is 0 Å². The smallest absolute Gasteiger partial charge is 0.232 e. The summed E-state index contributed by atoms with van der Waals surface area (Å²) < 4.78 is 5.53. The monoisotopic (exact) mass is 253 g/mol. The lowest BCUT2D eigenvalue weighted by Gasteiger charge is -2.38. The van der Waals surface area contributed by atoms with Gasteiger partial charge in [-0.1, -0.05) is 13.8 Å². The summed E-state index contributed by atoms with van der Waals surface area (Å²) in [7, 11) is 0. The van der Waals surface area contributed by atoms with Crippen molar-refractivity contribution < 1.29 is 9.84 Å². The van der Waals surface area contributed by atoms with Gasteiger partial charge in [0.2, 0.25) is 5.88 Å². The number of rotatable bonds is 5. The van der Waals surface area contributed by atoms with Crippen molar-refractivity contribution in [2.45, 2.75) is 20.8 Å². The average Bonchev–Trinajstić information content (AvgIpc) is 2.36. The number of hydrogen-bond acceptors (Lipinski definition) is 5. The number of aliphatic hydroxyl groups excluding tert-OH is 1. The Labute approximate surface area is 109 Å². The first-order valence-electron chi connectivity index (χ1n) is 6.52. The molecular weight excluding hydrogens is 230 g/mol. The van der Waals surface area contributed by atoms with Crippen LogP contribution in [-0.2, 0) is 0 Å². The van der Waals surface area contributed by atoms with Gasteiger partial charge in [-0.25, -0.2) is 4.98 Å². The molecule has 5 nitrogen and oxygen atoms in total. The molecule has 0 spiro atoms. The summed E-state index contributed by atoms with van der Waals surface area (Å²) >= 11 is 0. The van der Waals surface area contributed by atoms with E-state index in [4.69, 9.17) is 9.84 Å². The van der Waals surface area contributed by atoms with E-state index in [1.165, 1.54) is 0 Å².